The van der Waals surface area contributed by atoms with Gasteiger partial charge in [0.05, 0.1) is 10.8 Å². The summed E-state index contributed by atoms with van der Waals surface area (Å²) < 4.78 is 32.3. The van der Waals surface area contributed by atoms with Gasteiger partial charge in [-0.25, -0.2) is 8.78 Å². The van der Waals surface area contributed by atoms with Gasteiger partial charge in [-0.05, 0) is 187 Å². The Morgan fingerprint density at radius 1 is 0.301 bits per heavy atom. The lowest BCUT2D eigenvalue weighted by Gasteiger charge is -2.35. The highest BCUT2D eigenvalue weighted by molar-refractivity contribution is 7.25. The van der Waals surface area contributed by atoms with Gasteiger partial charge in [0.1, 0.15) is 11.6 Å². The Kier molecular flexibility index (Phi) is 11.9. The molecule has 83 heavy (non-hydrogen) atoms. The molecule has 1 heterocycles. The molecule has 2 aliphatic rings. The summed E-state index contributed by atoms with van der Waals surface area (Å²) in [7, 11) is 0. The highest BCUT2D eigenvalue weighted by Gasteiger charge is 2.48. The average Bonchev–Trinajstić information content (AvgIpc) is 2.14. The van der Waals surface area contributed by atoms with E-state index in [1.54, 1.807) is 11.3 Å². The minimum absolute atomic E-state index is 0.303. The molecule has 12 aromatic carbocycles. The van der Waals surface area contributed by atoms with Gasteiger partial charge in [-0.3, -0.25) is 0 Å². The topological polar surface area (TPSA) is 6.48 Å². The molecule has 0 spiro atoms. The second kappa shape index (κ2) is 19.8. The van der Waals surface area contributed by atoms with Crippen molar-refractivity contribution in [2.45, 2.75) is 10.8 Å². The van der Waals surface area contributed by atoms with Crippen LogP contribution in [-0.2, 0) is 10.8 Å². The highest BCUT2D eigenvalue weighted by atomic mass is 32.1. The molecule has 394 valence electrons. The molecule has 2 atom stereocenters. The van der Waals surface area contributed by atoms with E-state index < -0.39 is 10.8 Å². The summed E-state index contributed by atoms with van der Waals surface area (Å²) in [5, 5.41) is 2.17. The fourth-order valence-corrected chi connectivity index (χ4v) is 14.7. The Hall–Kier alpha value is -10.2. The summed E-state index contributed by atoms with van der Waals surface area (Å²) >= 11 is 1.75. The Balaban J connectivity index is 0.911. The summed E-state index contributed by atoms with van der Waals surface area (Å²) in [4.78, 5) is 4.51. The van der Waals surface area contributed by atoms with E-state index >= 15 is 8.78 Å². The summed E-state index contributed by atoms with van der Waals surface area (Å²) in [6.07, 6.45) is 3.78. The molecule has 2 nitrogen and oxygen atoms in total. The van der Waals surface area contributed by atoms with Gasteiger partial charge in [0.2, 0.25) is 0 Å². The number of nitrogens with zero attached hydrogens (tertiary/aromatic N) is 2. The van der Waals surface area contributed by atoms with E-state index in [4.69, 9.17) is 0 Å². The molecule has 13 aromatic rings. The van der Waals surface area contributed by atoms with Crippen LogP contribution in [-0.4, -0.2) is 0 Å². The number of thiophene rings is 1. The Morgan fingerprint density at radius 2 is 0.627 bits per heavy atom. The third-order valence-corrected chi connectivity index (χ3v) is 18.4. The molecule has 0 saturated heterocycles. The molecule has 2 unspecified atom stereocenters. The molecular formula is C78H52F2N2S. The fourth-order valence-electron chi connectivity index (χ4n) is 13.6. The van der Waals surface area contributed by atoms with Crippen molar-refractivity contribution in [1.29, 1.82) is 0 Å². The zero-order valence-corrected chi connectivity index (χ0v) is 46.0. The van der Waals surface area contributed by atoms with Crippen LogP contribution in [0, 0.1) is 11.6 Å². The van der Waals surface area contributed by atoms with Gasteiger partial charge in [-0.1, -0.05) is 195 Å². The fraction of sp³-hybridized carbons (Fsp3) is 0.0256. The smallest absolute Gasteiger partial charge is 0.123 e. The first-order valence-corrected chi connectivity index (χ1v) is 28.8. The van der Waals surface area contributed by atoms with Crippen molar-refractivity contribution in [3.05, 3.63) is 359 Å². The van der Waals surface area contributed by atoms with Crippen LogP contribution >= 0.6 is 11.3 Å². The number of fused-ring (bicyclic) bond motifs is 9. The standard InChI is InChI=1S/C78H52F2N2S/c1-3-51-23-27-55(28-24-51)77(53-15-7-5-8-16-53)71-21-13-11-19-65(71)67-43-39-63(49-73(67)77)81(59-35-31-57(79)32-36-59)61-41-45-75-69(47-61)70-48-62(42-46-76(70)83-75)82(60-37-33-58(80)34-38-60)64-40-44-68-66-20-12-14-22-72(66)78(74(68)50-64,54-17-9-6-10-18-54)56-29-25-52(4-2)26-30-56/h3-50H,1-2H2. The lowest BCUT2D eigenvalue weighted by molar-refractivity contribution is 0.627. The average molecular weight is 1090 g/mol. The molecule has 0 amide bonds. The Bertz CT molecular complexity index is 4370. The maximum absolute atomic E-state index is 15.0. The lowest BCUT2D eigenvalue weighted by Crippen LogP contribution is -2.28. The number of rotatable bonds is 12. The summed E-state index contributed by atoms with van der Waals surface area (Å²) in [6, 6.07) is 97.3. The van der Waals surface area contributed by atoms with Crippen LogP contribution in [0.4, 0.5) is 42.9 Å². The maximum Gasteiger partial charge on any atom is 0.123 e. The Morgan fingerprint density at radius 3 is 1.02 bits per heavy atom. The van der Waals surface area contributed by atoms with Crippen molar-refractivity contribution >= 4 is 77.8 Å². The van der Waals surface area contributed by atoms with Crippen molar-refractivity contribution in [2.24, 2.45) is 0 Å². The van der Waals surface area contributed by atoms with Crippen molar-refractivity contribution in [1.82, 2.24) is 0 Å². The number of hydrogen-bond donors (Lipinski definition) is 0. The summed E-state index contributed by atoms with van der Waals surface area (Å²) in [6.45, 7) is 8.14. The number of anilines is 6. The zero-order valence-electron chi connectivity index (χ0n) is 45.2. The van der Waals surface area contributed by atoms with Crippen molar-refractivity contribution in [3.63, 3.8) is 0 Å². The molecule has 5 heteroatoms. The number of hydrogen-bond acceptors (Lipinski definition) is 3. The van der Waals surface area contributed by atoms with E-state index in [-0.39, 0.29) is 11.6 Å². The SMILES string of the molecule is C=Cc1ccc(C2(c3ccccc3)c3ccccc3-c3ccc(N(c4ccc(F)cc4)c4ccc5sc6ccc(N(c7ccc(F)cc7)c7ccc8c(c7)C(c7ccccc7)(c7ccc(C=C)cc7)c7ccccc7-8)cc6c5c4)cc32)cc1. The van der Waals surface area contributed by atoms with Crippen LogP contribution < -0.4 is 9.80 Å². The van der Waals surface area contributed by atoms with Crippen LogP contribution in [0.2, 0.25) is 0 Å². The molecule has 15 rings (SSSR count). The monoisotopic (exact) mass is 1090 g/mol. The van der Waals surface area contributed by atoms with E-state index in [2.05, 4.69) is 253 Å². The van der Waals surface area contributed by atoms with Crippen LogP contribution in [0.25, 0.3) is 54.6 Å². The molecule has 0 N–H and O–H groups in total. The van der Waals surface area contributed by atoms with Crippen LogP contribution in [0.5, 0.6) is 0 Å². The number of halogens is 2. The van der Waals surface area contributed by atoms with E-state index in [1.165, 1.54) is 68.8 Å². The molecule has 0 bridgehead atoms. The highest BCUT2D eigenvalue weighted by Crippen LogP contribution is 2.59. The van der Waals surface area contributed by atoms with Gasteiger partial charge in [0, 0.05) is 54.3 Å². The van der Waals surface area contributed by atoms with Crippen LogP contribution in [0.1, 0.15) is 55.6 Å². The first-order chi connectivity index (χ1) is 40.8. The third kappa shape index (κ3) is 7.80. The summed E-state index contributed by atoms with van der Waals surface area (Å²) in [5.41, 5.74) is 20.3. The predicted molar refractivity (Wildman–Crippen MR) is 343 cm³/mol. The van der Waals surface area contributed by atoms with Gasteiger partial charge in [0.25, 0.3) is 0 Å². The number of benzene rings is 12. The quantitative estimate of drug-likeness (QED) is 0.120. The van der Waals surface area contributed by atoms with Crippen LogP contribution in [0.15, 0.2) is 292 Å². The van der Waals surface area contributed by atoms with Crippen LogP contribution in [0.3, 0.4) is 0 Å². The molecule has 0 saturated carbocycles. The third-order valence-electron chi connectivity index (χ3n) is 17.3. The minimum Gasteiger partial charge on any atom is -0.310 e. The molecule has 1 aromatic heterocycles. The van der Waals surface area contributed by atoms with E-state index in [0.717, 1.165) is 87.7 Å². The van der Waals surface area contributed by atoms with Gasteiger partial charge in [0.15, 0.2) is 0 Å². The first kappa shape index (κ1) is 49.8. The maximum atomic E-state index is 15.0. The molecular weight excluding hydrogens is 1030 g/mol. The molecule has 2 aliphatic carbocycles. The van der Waals surface area contributed by atoms with Crippen molar-refractivity contribution in [2.75, 3.05) is 9.80 Å². The predicted octanol–water partition coefficient (Wildman–Crippen LogP) is 21.3. The van der Waals surface area contributed by atoms with E-state index in [9.17, 15) is 0 Å². The van der Waals surface area contributed by atoms with Crippen molar-refractivity contribution < 1.29 is 8.78 Å². The normalized spacial score (nSPS) is 15.5. The zero-order chi connectivity index (χ0) is 55.8. The van der Waals surface area contributed by atoms with E-state index in [0.29, 0.717) is 0 Å². The Labute approximate surface area is 486 Å². The minimum atomic E-state index is -0.652. The first-order valence-electron chi connectivity index (χ1n) is 28.0. The molecule has 0 aliphatic heterocycles. The second-order valence-corrected chi connectivity index (χ2v) is 22.6. The molecule has 0 fully saturated rings. The van der Waals surface area contributed by atoms with Gasteiger partial charge < -0.3 is 9.80 Å². The summed E-state index contributed by atoms with van der Waals surface area (Å²) in [5.74, 6) is -0.606. The van der Waals surface area contributed by atoms with Gasteiger partial charge in [-0.2, -0.15) is 0 Å². The van der Waals surface area contributed by atoms with E-state index in [1.807, 2.05) is 36.4 Å². The molecule has 0 radical (unpaired) electrons. The lowest BCUT2D eigenvalue weighted by atomic mass is 9.67. The largest absolute Gasteiger partial charge is 0.310 e. The van der Waals surface area contributed by atoms with Crippen molar-refractivity contribution in [3.8, 4) is 22.3 Å². The van der Waals surface area contributed by atoms with Gasteiger partial charge in [-0.15, -0.1) is 11.3 Å². The second-order valence-electron chi connectivity index (χ2n) is 21.5. The van der Waals surface area contributed by atoms with Gasteiger partial charge >= 0.3 is 0 Å².